The molecule has 0 aliphatic rings. The first-order valence-electron chi connectivity index (χ1n) is 5.33. The highest BCUT2D eigenvalue weighted by Crippen LogP contribution is 2.12. The highest BCUT2D eigenvalue weighted by atomic mass is 32.1. The number of carbonyl (C=O) groups excluding carboxylic acids is 1. The SMILES string of the molecule is COC(=O)c1cncnc1NCCc1ccns1. The van der Waals surface area contributed by atoms with Gasteiger partial charge < -0.3 is 10.1 Å². The molecule has 0 bridgehead atoms. The summed E-state index contributed by atoms with van der Waals surface area (Å²) in [6.07, 6.45) is 5.43. The Balaban J connectivity index is 1.98. The zero-order valence-electron chi connectivity index (χ0n) is 9.79. The van der Waals surface area contributed by atoms with E-state index < -0.39 is 5.97 Å². The van der Waals surface area contributed by atoms with Crippen molar-refractivity contribution in [3.63, 3.8) is 0 Å². The second kappa shape index (κ2) is 6.06. The van der Waals surface area contributed by atoms with E-state index >= 15 is 0 Å². The summed E-state index contributed by atoms with van der Waals surface area (Å²) in [5.74, 6) is 0.0391. The third kappa shape index (κ3) is 3.01. The Kier molecular flexibility index (Phi) is 4.19. The van der Waals surface area contributed by atoms with Crippen molar-refractivity contribution < 1.29 is 9.53 Å². The number of nitrogens with one attached hydrogen (secondary N) is 1. The zero-order valence-corrected chi connectivity index (χ0v) is 10.6. The standard InChI is InChI=1S/C11H12N4O2S/c1-17-11(16)9-6-12-7-14-10(9)13-4-2-8-3-5-15-18-8/h3,5-7H,2,4H2,1H3,(H,12,13,14). The second-order valence-electron chi connectivity index (χ2n) is 3.43. The lowest BCUT2D eigenvalue weighted by Gasteiger charge is -2.07. The van der Waals surface area contributed by atoms with Crippen molar-refractivity contribution in [1.82, 2.24) is 14.3 Å². The highest BCUT2D eigenvalue weighted by molar-refractivity contribution is 7.05. The molecule has 0 saturated heterocycles. The van der Waals surface area contributed by atoms with Gasteiger partial charge in [-0.25, -0.2) is 19.1 Å². The highest BCUT2D eigenvalue weighted by Gasteiger charge is 2.12. The van der Waals surface area contributed by atoms with Gasteiger partial charge in [-0.1, -0.05) is 0 Å². The monoisotopic (exact) mass is 264 g/mol. The van der Waals surface area contributed by atoms with Crippen molar-refractivity contribution in [3.05, 3.63) is 35.2 Å². The molecule has 0 unspecified atom stereocenters. The number of methoxy groups -OCH3 is 1. The third-order valence-corrected chi connectivity index (χ3v) is 3.07. The molecule has 7 heteroatoms. The van der Waals surface area contributed by atoms with Crippen LogP contribution in [0.3, 0.4) is 0 Å². The summed E-state index contributed by atoms with van der Waals surface area (Å²) >= 11 is 1.46. The number of ether oxygens (including phenoxy) is 1. The van der Waals surface area contributed by atoms with Crippen LogP contribution < -0.4 is 5.32 Å². The molecular weight excluding hydrogens is 252 g/mol. The van der Waals surface area contributed by atoms with Crippen LogP contribution >= 0.6 is 11.5 Å². The minimum absolute atomic E-state index is 0.337. The van der Waals surface area contributed by atoms with Crippen LogP contribution in [0.2, 0.25) is 0 Å². The number of nitrogens with zero attached hydrogens (tertiary/aromatic N) is 3. The molecule has 2 rings (SSSR count). The molecule has 18 heavy (non-hydrogen) atoms. The van der Waals surface area contributed by atoms with Gasteiger partial charge in [0.2, 0.25) is 0 Å². The number of esters is 1. The molecule has 0 saturated carbocycles. The topological polar surface area (TPSA) is 77.0 Å². The molecule has 0 aliphatic carbocycles. The Bertz CT molecular complexity index is 516. The van der Waals surface area contributed by atoms with Crippen LogP contribution in [-0.4, -0.2) is 34.0 Å². The van der Waals surface area contributed by atoms with Gasteiger partial charge in [-0.05, 0) is 17.6 Å². The number of rotatable bonds is 5. The van der Waals surface area contributed by atoms with Crippen molar-refractivity contribution in [2.24, 2.45) is 0 Å². The number of hydrogen-bond acceptors (Lipinski definition) is 7. The van der Waals surface area contributed by atoms with Gasteiger partial charge in [0.1, 0.15) is 17.7 Å². The molecular formula is C11H12N4O2S. The first-order valence-corrected chi connectivity index (χ1v) is 6.10. The van der Waals surface area contributed by atoms with E-state index in [4.69, 9.17) is 0 Å². The fraction of sp³-hybridized carbons (Fsp3) is 0.273. The fourth-order valence-corrected chi connectivity index (χ4v) is 1.98. The lowest BCUT2D eigenvalue weighted by Crippen LogP contribution is -2.12. The van der Waals surface area contributed by atoms with Crippen molar-refractivity contribution >= 4 is 23.3 Å². The maximum Gasteiger partial charge on any atom is 0.343 e. The Labute approximate surface area is 108 Å². The molecule has 0 aliphatic heterocycles. The molecule has 0 amide bonds. The minimum atomic E-state index is -0.448. The predicted octanol–water partition coefficient (Wildman–Crippen LogP) is 1.37. The van der Waals surface area contributed by atoms with Crippen LogP contribution in [0.1, 0.15) is 15.2 Å². The van der Waals surface area contributed by atoms with Crippen LogP contribution in [0, 0.1) is 0 Å². The molecule has 2 aromatic heterocycles. The quantitative estimate of drug-likeness (QED) is 0.822. The molecule has 2 heterocycles. The number of anilines is 1. The van der Waals surface area contributed by atoms with Crippen LogP contribution in [0.25, 0.3) is 0 Å². The second-order valence-corrected chi connectivity index (χ2v) is 4.35. The number of aromatic nitrogens is 3. The maximum absolute atomic E-state index is 11.5. The summed E-state index contributed by atoms with van der Waals surface area (Å²) in [4.78, 5) is 20.5. The summed E-state index contributed by atoms with van der Waals surface area (Å²) in [7, 11) is 1.33. The summed E-state index contributed by atoms with van der Waals surface area (Å²) in [6, 6.07) is 1.97. The van der Waals surface area contributed by atoms with Crippen LogP contribution in [-0.2, 0) is 11.2 Å². The van der Waals surface area contributed by atoms with Crippen molar-refractivity contribution in [1.29, 1.82) is 0 Å². The summed E-state index contributed by atoms with van der Waals surface area (Å²) in [5, 5.41) is 3.09. The van der Waals surface area contributed by atoms with Gasteiger partial charge in [-0.3, -0.25) is 0 Å². The van der Waals surface area contributed by atoms with Gasteiger partial charge in [-0.2, -0.15) is 0 Å². The first kappa shape index (κ1) is 12.4. The molecule has 0 atom stereocenters. The largest absolute Gasteiger partial charge is 0.465 e. The van der Waals surface area contributed by atoms with E-state index in [0.717, 1.165) is 6.42 Å². The molecule has 0 aromatic carbocycles. The zero-order chi connectivity index (χ0) is 12.8. The first-order chi connectivity index (χ1) is 8.81. The predicted molar refractivity (Wildman–Crippen MR) is 67.7 cm³/mol. The lowest BCUT2D eigenvalue weighted by atomic mass is 10.3. The molecule has 94 valence electrons. The van der Waals surface area contributed by atoms with Crippen LogP contribution in [0.5, 0.6) is 0 Å². The molecule has 0 spiro atoms. The van der Waals surface area contributed by atoms with E-state index in [1.807, 2.05) is 6.07 Å². The molecule has 2 aromatic rings. The smallest absolute Gasteiger partial charge is 0.343 e. The minimum Gasteiger partial charge on any atom is -0.465 e. The Morgan fingerprint density at radius 2 is 2.44 bits per heavy atom. The Hall–Kier alpha value is -2.02. The van der Waals surface area contributed by atoms with Gasteiger partial charge in [0.15, 0.2) is 0 Å². The molecule has 1 N–H and O–H groups in total. The van der Waals surface area contributed by atoms with Gasteiger partial charge in [0.05, 0.1) is 7.11 Å². The van der Waals surface area contributed by atoms with Crippen LogP contribution in [0.15, 0.2) is 24.8 Å². The third-order valence-electron chi connectivity index (χ3n) is 2.27. The summed E-state index contributed by atoms with van der Waals surface area (Å²) in [6.45, 7) is 0.670. The van der Waals surface area contributed by atoms with Crippen molar-refractivity contribution in [2.45, 2.75) is 6.42 Å². The van der Waals surface area contributed by atoms with E-state index in [9.17, 15) is 4.79 Å². The number of hydrogen-bond donors (Lipinski definition) is 1. The van der Waals surface area contributed by atoms with Crippen LogP contribution in [0.4, 0.5) is 5.82 Å². The average Bonchev–Trinajstić information content (AvgIpc) is 2.92. The lowest BCUT2D eigenvalue weighted by molar-refractivity contribution is 0.0601. The number of carbonyl (C=O) groups is 1. The van der Waals surface area contributed by atoms with E-state index in [1.54, 1.807) is 6.20 Å². The van der Waals surface area contributed by atoms with E-state index in [0.29, 0.717) is 17.9 Å². The van der Waals surface area contributed by atoms with Crippen molar-refractivity contribution in [3.8, 4) is 0 Å². The van der Waals surface area contributed by atoms with E-state index in [-0.39, 0.29) is 0 Å². The summed E-state index contributed by atoms with van der Waals surface area (Å²) in [5.41, 5.74) is 0.337. The maximum atomic E-state index is 11.5. The van der Waals surface area contributed by atoms with Gasteiger partial charge >= 0.3 is 5.97 Å². The Morgan fingerprint density at radius 3 is 3.17 bits per heavy atom. The Morgan fingerprint density at radius 1 is 1.56 bits per heavy atom. The van der Waals surface area contributed by atoms with E-state index in [2.05, 4.69) is 24.4 Å². The fourth-order valence-electron chi connectivity index (χ4n) is 1.41. The van der Waals surface area contributed by atoms with Gasteiger partial charge in [-0.15, -0.1) is 0 Å². The normalized spacial score (nSPS) is 10.1. The van der Waals surface area contributed by atoms with Gasteiger partial charge in [0.25, 0.3) is 0 Å². The summed E-state index contributed by atoms with van der Waals surface area (Å²) < 4.78 is 8.68. The van der Waals surface area contributed by atoms with Gasteiger partial charge in [0, 0.05) is 30.2 Å². The van der Waals surface area contributed by atoms with E-state index in [1.165, 1.54) is 36.0 Å². The molecule has 0 radical (unpaired) electrons. The molecule has 6 nitrogen and oxygen atoms in total. The average molecular weight is 264 g/mol. The molecule has 0 fully saturated rings. The van der Waals surface area contributed by atoms with Crippen molar-refractivity contribution in [2.75, 3.05) is 19.0 Å².